The zero-order valence-corrected chi connectivity index (χ0v) is 8.45. The first kappa shape index (κ1) is 11.7. The van der Waals surface area contributed by atoms with Crippen molar-refractivity contribution >= 4 is 11.9 Å². The lowest BCUT2D eigenvalue weighted by atomic mass is 10.2. The predicted molar refractivity (Wildman–Crippen MR) is 53.7 cm³/mol. The highest BCUT2D eigenvalue weighted by Crippen LogP contribution is 2.08. The van der Waals surface area contributed by atoms with Crippen LogP contribution in [0.15, 0.2) is 23.4 Å². The van der Waals surface area contributed by atoms with Crippen molar-refractivity contribution in [2.45, 2.75) is 6.92 Å². The minimum absolute atomic E-state index is 0.0123. The van der Waals surface area contributed by atoms with Gasteiger partial charge in [0.1, 0.15) is 5.69 Å². The number of carbonyl (C=O) groups excluding carboxylic acids is 2. The summed E-state index contributed by atoms with van der Waals surface area (Å²) in [6.07, 6.45) is 1.32. The molecule has 0 aromatic carbocycles. The van der Waals surface area contributed by atoms with Crippen LogP contribution in [0.25, 0.3) is 10.4 Å². The smallest absolute Gasteiger partial charge is 0.340 e. The number of azide groups is 1. The summed E-state index contributed by atoms with van der Waals surface area (Å²) in [4.78, 5) is 28.7. The standard InChI is InChI=1S/C9H8N4O3/c1-2-16-9(15)6-4-3-5-11-7(6)8(14)12-13-10/h3-5H,2H2,1H3. The molecule has 0 bridgehead atoms. The Morgan fingerprint density at radius 1 is 1.62 bits per heavy atom. The Kier molecular flexibility index (Phi) is 3.99. The Hall–Kier alpha value is -2.40. The number of esters is 1. The summed E-state index contributed by atoms with van der Waals surface area (Å²) >= 11 is 0. The molecule has 0 radical (unpaired) electrons. The van der Waals surface area contributed by atoms with Crippen molar-refractivity contribution in [3.05, 3.63) is 40.0 Å². The van der Waals surface area contributed by atoms with Gasteiger partial charge in [0.25, 0.3) is 5.91 Å². The summed E-state index contributed by atoms with van der Waals surface area (Å²) in [5.74, 6) is -1.58. The van der Waals surface area contributed by atoms with Crippen LogP contribution in [0.1, 0.15) is 27.8 Å². The van der Waals surface area contributed by atoms with Gasteiger partial charge in [0.15, 0.2) is 0 Å². The van der Waals surface area contributed by atoms with Crippen molar-refractivity contribution in [2.75, 3.05) is 6.61 Å². The fraction of sp³-hybridized carbons (Fsp3) is 0.222. The molecule has 7 nitrogen and oxygen atoms in total. The monoisotopic (exact) mass is 220 g/mol. The molecule has 0 N–H and O–H groups in total. The normalized spacial score (nSPS) is 9.06. The van der Waals surface area contributed by atoms with E-state index < -0.39 is 11.9 Å². The number of amides is 1. The zero-order chi connectivity index (χ0) is 12.0. The van der Waals surface area contributed by atoms with Gasteiger partial charge >= 0.3 is 5.97 Å². The molecular formula is C9H8N4O3. The summed E-state index contributed by atoms with van der Waals surface area (Å²) in [7, 11) is 0. The summed E-state index contributed by atoms with van der Waals surface area (Å²) in [6, 6.07) is 2.87. The largest absolute Gasteiger partial charge is 0.462 e. The number of hydrogen-bond donors (Lipinski definition) is 0. The van der Waals surface area contributed by atoms with Crippen molar-refractivity contribution in [2.24, 2.45) is 5.11 Å². The quantitative estimate of drug-likeness (QED) is 0.334. The molecule has 0 unspecified atom stereocenters. The second kappa shape index (κ2) is 5.47. The molecule has 0 saturated heterocycles. The molecule has 0 aliphatic carbocycles. The van der Waals surface area contributed by atoms with Gasteiger partial charge in [0, 0.05) is 11.1 Å². The van der Waals surface area contributed by atoms with Gasteiger partial charge in [-0.05, 0) is 29.7 Å². The maximum atomic E-state index is 11.4. The van der Waals surface area contributed by atoms with E-state index in [1.807, 2.05) is 0 Å². The molecule has 1 rings (SSSR count). The lowest BCUT2D eigenvalue weighted by Gasteiger charge is -2.04. The number of ether oxygens (including phenoxy) is 1. The fourth-order valence-corrected chi connectivity index (χ4v) is 1.04. The zero-order valence-electron chi connectivity index (χ0n) is 8.45. The molecule has 7 heteroatoms. The minimum atomic E-state index is -0.911. The summed E-state index contributed by atoms with van der Waals surface area (Å²) in [5.41, 5.74) is 7.90. The number of aromatic nitrogens is 1. The molecule has 0 aliphatic heterocycles. The molecule has 1 heterocycles. The van der Waals surface area contributed by atoms with Crippen LogP contribution in [0, 0.1) is 0 Å². The summed E-state index contributed by atoms with van der Waals surface area (Å²) in [6.45, 7) is 1.83. The second-order valence-corrected chi connectivity index (χ2v) is 2.61. The Labute approximate surface area is 90.7 Å². The van der Waals surface area contributed by atoms with Crippen molar-refractivity contribution in [3.8, 4) is 0 Å². The van der Waals surface area contributed by atoms with Crippen molar-refractivity contribution < 1.29 is 14.3 Å². The maximum absolute atomic E-state index is 11.4. The molecule has 0 aliphatic rings. The molecule has 0 fully saturated rings. The Morgan fingerprint density at radius 2 is 2.38 bits per heavy atom. The van der Waals surface area contributed by atoms with E-state index in [1.54, 1.807) is 6.92 Å². The first-order valence-corrected chi connectivity index (χ1v) is 4.42. The molecule has 0 saturated carbocycles. The highest BCUT2D eigenvalue weighted by atomic mass is 16.5. The number of hydrogen-bond acceptors (Lipinski definition) is 4. The van der Waals surface area contributed by atoms with Crippen LogP contribution in [0.3, 0.4) is 0 Å². The summed E-state index contributed by atoms with van der Waals surface area (Å²) in [5, 5.41) is 2.87. The number of rotatable bonds is 3. The highest BCUT2D eigenvalue weighted by Gasteiger charge is 2.17. The van der Waals surface area contributed by atoms with E-state index in [4.69, 9.17) is 10.3 Å². The lowest BCUT2D eigenvalue weighted by Crippen LogP contribution is -2.12. The minimum Gasteiger partial charge on any atom is -0.462 e. The third-order valence-electron chi connectivity index (χ3n) is 1.64. The molecule has 0 spiro atoms. The Morgan fingerprint density at radius 3 is 3.00 bits per heavy atom. The molecule has 1 aromatic rings. The highest BCUT2D eigenvalue weighted by molar-refractivity contribution is 6.04. The van der Waals surface area contributed by atoms with Gasteiger partial charge in [-0.25, -0.2) is 4.79 Å². The molecular weight excluding hydrogens is 212 g/mol. The molecule has 1 aromatic heterocycles. The van der Waals surface area contributed by atoms with E-state index >= 15 is 0 Å². The van der Waals surface area contributed by atoms with Gasteiger partial charge in [-0.2, -0.15) is 0 Å². The molecule has 0 atom stereocenters. The van der Waals surface area contributed by atoms with E-state index in [9.17, 15) is 9.59 Å². The third kappa shape index (κ3) is 2.55. The average molecular weight is 220 g/mol. The number of nitrogens with zero attached hydrogens (tertiary/aromatic N) is 4. The van der Waals surface area contributed by atoms with Crippen LogP contribution in [0.5, 0.6) is 0 Å². The van der Waals surface area contributed by atoms with Crippen molar-refractivity contribution in [3.63, 3.8) is 0 Å². The SMILES string of the molecule is CCOC(=O)c1cccnc1C(=O)N=[N+]=[N-]. The Bertz CT molecular complexity index is 466. The number of carbonyl (C=O) groups is 2. The van der Waals surface area contributed by atoms with E-state index in [1.165, 1.54) is 18.3 Å². The van der Waals surface area contributed by atoms with Gasteiger partial charge in [-0.1, -0.05) is 0 Å². The average Bonchev–Trinajstić information content (AvgIpc) is 2.30. The molecule has 1 amide bonds. The molecule has 16 heavy (non-hydrogen) atoms. The van der Waals surface area contributed by atoms with Crippen LogP contribution in [-0.4, -0.2) is 23.5 Å². The van der Waals surface area contributed by atoms with Gasteiger partial charge in [-0.3, -0.25) is 9.78 Å². The summed E-state index contributed by atoms with van der Waals surface area (Å²) < 4.78 is 4.73. The second-order valence-electron chi connectivity index (χ2n) is 2.61. The van der Waals surface area contributed by atoms with Crippen LogP contribution in [-0.2, 0) is 4.74 Å². The van der Waals surface area contributed by atoms with Gasteiger partial charge in [0.2, 0.25) is 0 Å². The topological polar surface area (TPSA) is 105 Å². The third-order valence-corrected chi connectivity index (χ3v) is 1.64. The van der Waals surface area contributed by atoms with E-state index in [0.29, 0.717) is 0 Å². The van der Waals surface area contributed by atoms with Crippen LogP contribution < -0.4 is 0 Å². The van der Waals surface area contributed by atoms with E-state index in [2.05, 4.69) is 15.0 Å². The number of pyridine rings is 1. The van der Waals surface area contributed by atoms with Gasteiger partial charge < -0.3 is 4.74 Å². The van der Waals surface area contributed by atoms with Crippen LogP contribution >= 0.6 is 0 Å². The van der Waals surface area contributed by atoms with Gasteiger partial charge in [-0.15, -0.1) is 0 Å². The fourth-order valence-electron chi connectivity index (χ4n) is 1.04. The van der Waals surface area contributed by atoms with Crippen molar-refractivity contribution in [1.29, 1.82) is 0 Å². The van der Waals surface area contributed by atoms with E-state index in [0.717, 1.165) is 0 Å². The Balaban J connectivity index is 3.14. The van der Waals surface area contributed by atoms with Crippen LogP contribution in [0.4, 0.5) is 0 Å². The lowest BCUT2D eigenvalue weighted by molar-refractivity contribution is 0.0522. The molecule has 82 valence electrons. The van der Waals surface area contributed by atoms with Gasteiger partial charge in [0.05, 0.1) is 12.2 Å². The predicted octanol–water partition coefficient (Wildman–Crippen LogP) is 1.71. The van der Waals surface area contributed by atoms with Crippen molar-refractivity contribution in [1.82, 2.24) is 4.98 Å². The van der Waals surface area contributed by atoms with E-state index in [-0.39, 0.29) is 17.9 Å². The van der Waals surface area contributed by atoms with Crippen LogP contribution in [0.2, 0.25) is 0 Å². The maximum Gasteiger partial charge on any atom is 0.340 e. The first-order chi connectivity index (χ1) is 7.70. The first-order valence-electron chi connectivity index (χ1n) is 4.42.